The molecule has 0 fully saturated rings. The van der Waals surface area contributed by atoms with Crippen LogP contribution in [0, 0.1) is 0 Å². The van der Waals surface area contributed by atoms with E-state index < -0.39 is 0 Å². The lowest BCUT2D eigenvalue weighted by Gasteiger charge is -2.42. The summed E-state index contributed by atoms with van der Waals surface area (Å²) < 4.78 is 0. The van der Waals surface area contributed by atoms with Crippen molar-refractivity contribution in [2.45, 2.75) is 82.9 Å². The van der Waals surface area contributed by atoms with Crippen LogP contribution in [0.3, 0.4) is 0 Å². The average Bonchev–Trinajstić information content (AvgIpc) is 2.41. The summed E-state index contributed by atoms with van der Waals surface area (Å²) in [5, 5.41) is 0.168. The van der Waals surface area contributed by atoms with E-state index in [4.69, 9.17) is 11.6 Å². The molecule has 20 heavy (non-hydrogen) atoms. The first-order valence-corrected chi connectivity index (χ1v) is 8.50. The summed E-state index contributed by atoms with van der Waals surface area (Å²) in [4.78, 5) is 0. The van der Waals surface area contributed by atoms with Gasteiger partial charge < -0.3 is 0 Å². The van der Waals surface area contributed by atoms with E-state index >= 15 is 0 Å². The van der Waals surface area contributed by atoms with E-state index in [9.17, 15) is 0 Å². The molecule has 0 bridgehead atoms. The molecule has 1 unspecified atom stereocenters. The van der Waals surface area contributed by atoms with Crippen molar-refractivity contribution >= 4 is 11.6 Å². The third-order valence-corrected chi connectivity index (χ3v) is 5.52. The summed E-state index contributed by atoms with van der Waals surface area (Å²) in [6.07, 6.45) is 6.04. The van der Waals surface area contributed by atoms with Crippen LogP contribution < -0.4 is 0 Å². The highest BCUT2D eigenvalue weighted by molar-refractivity contribution is 6.20. The molecule has 0 saturated carbocycles. The molecular weight excluding hydrogens is 264 g/mol. The molecule has 1 atom stereocenters. The molecule has 0 amide bonds. The first-order chi connectivity index (χ1) is 9.28. The van der Waals surface area contributed by atoms with E-state index in [1.165, 1.54) is 42.4 Å². The van der Waals surface area contributed by atoms with E-state index in [2.05, 4.69) is 52.8 Å². The number of benzene rings is 1. The fraction of sp³-hybridized carbons (Fsp3) is 0.684. The topological polar surface area (TPSA) is 0 Å². The lowest BCUT2D eigenvalue weighted by molar-refractivity contribution is 0.331. The first kappa shape index (κ1) is 15.9. The zero-order chi connectivity index (χ0) is 15.0. The van der Waals surface area contributed by atoms with Gasteiger partial charge in [-0.1, -0.05) is 65.7 Å². The van der Waals surface area contributed by atoms with Gasteiger partial charge in [-0.3, -0.25) is 0 Å². The molecule has 1 heteroatoms. The molecule has 1 aromatic carbocycles. The molecule has 0 aromatic heterocycles. The Kier molecular flexibility index (Phi) is 4.54. The van der Waals surface area contributed by atoms with Crippen LogP contribution in [0.4, 0.5) is 0 Å². The highest BCUT2D eigenvalue weighted by Crippen LogP contribution is 2.46. The van der Waals surface area contributed by atoms with Crippen LogP contribution >= 0.6 is 11.6 Å². The van der Waals surface area contributed by atoms with Gasteiger partial charge in [0.2, 0.25) is 0 Å². The Balaban J connectivity index is 2.38. The Morgan fingerprint density at radius 1 is 1.05 bits per heavy atom. The lowest BCUT2D eigenvalue weighted by Crippen LogP contribution is -2.33. The Hall–Kier alpha value is -0.490. The predicted molar refractivity (Wildman–Crippen MR) is 89.8 cm³/mol. The SMILES string of the molecule is CCCCC(Cl)c1ccc2c(c1)C(C)(C)CCC2(C)C. The lowest BCUT2D eigenvalue weighted by atomic mass is 9.63. The highest BCUT2D eigenvalue weighted by atomic mass is 35.5. The van der Waals surface area contributed by atoms with E-state index in [1.807, 2.05) is 0 Å². The van der Waals surface area contributed by atoms with Crippen molar-refractivity contribution in [3.8, 4) is 0 Å². The van der Waals surface area contributed by atoms with Gasteiger partial charge >= 0.3 is 0 Å². The van der Waals surface area contributed by atoms with E-state index in [1.54, 1.807) is 0 Å². The Morgan fingerprint density at radius 3 is 2.25 bits per heavy atom. The van der Waals surface area contributed by atoms with Gasteiger partial charge in [-0.25, -0.2) is 0 Å². The first-order valence-electron chi connectivity index (χ1n) is 8.07. The minimum Gasteiger partial charge on any atom is -0.118 e. The maximum Gasteiger partial charge on any atom is 0.0585 e. The zero-order valence-electron chi connectivity index (χ0n) is 13.7. The molecule has 112 valence electrons. The molecule has 2 rings (SSSR count). The number of rotatable bonds is 4. The molecule has 0 spiro atoms. The van der Waals surface area contributed by atoms with Crippen LogP contribution in [0.5, 0.6) is 0 Å². The third-order valence-electron chi connectivity index (χ3n) is 5.05. The molecule has 0 nitrogen and oxygen atoms in total. The Labute approximate surface area is 129 Å². The number of halogens is 1. The van der Waals surface area contributed by atoms with Crippen molar-refractivity contribution in [1.29, 1.82) is 0 Å². The molecule has 1 aromatic rings. The predicted octanol–water partition coefficient (Wildman–Crippen LogP) is 6.51. The number of unbranched alkanes of at least 4 members (excludes halogenated alkanes) is 1. The van der Waals surface area contributed by atoms with Crippen LogP contribution in [-0.4, -0.2) is 0 Å². The minimum atomic E-state index is 0.168. The van der Waals surface area contributed by atoms with Crippen LogP contribution in [0.25, 0.3) is 0 Å². The molecule has 0 saturated heterocycles. The quantitative estimate of drug-likeness (QED) is 0.555. The second-order valence-electron chi connectivity index (χ2n) is 7.68. The van der Waals surface area contributed by atoms with Crippen LogP contribution in [-0.2, 0) is 10.8 Å². The molecule has 0 radical (unpaired) electrons. The Morgan fingerprint density at radius 2 is 1.65 bits per heavy atom. The normalized spacial score (nSPS) is 21.3. The molecule has 1 aliphatic carbocycles. The van der Waals surface area contributed by atoms with Gasteiger partial charge in [0.05, 0.1) is 5.38 Å². The zero-order valence-corrected chi connectivity index (χ0v) is 14.5. The maximum atomic E-state index is 6.59. The van der Waals surface area contributed by atoms with Gasteiger partial charge in [0, 0.05) is 0 Å². The third kappa shape index (κ3) is 3.06. The Bertz CT molecular complexity index is 471. The van der Waals surface area contributed by atoms with E-state index in [-0.39, 0.29) is 10.8 Å². The smallest absolute Gasteiger partial charge is 0.0585 e. The van der Waals surface area contributed by atoms with E-state index in [0.717, 1.165) is 6.42 Å². The van der Waals surface area contributed by atoms with Gasteiger partial charge in [0.25, 0.3) is 0 Å². The second-order valence-corrected chi connectivity index (χ2v) is 8.21. The largest absolute Gasteiger partial charge is 0.118 e. The number of hydrogen-bond acceptors (Lipinski definition) is 0. The fourth-order valence-electron chi connectivity index (χ4n) is 3.35. The summed E-state index contributed by atoms with van der Waals surface area (Å²) in [6.45, 7) is 11.7. The van der Waals surface area contributed by atoms with Gasteiger partial charge in [-0.15, -0.1) is 11.6 Å². The number of fused-ring (bicyclic) bond motifs is 1. The molecule has 1 aliphatic rings. The fourth-order valence-corrected chi connectivity index (χ4v) is 3.64. The highest BCUT2D eigenvalue weighted by Gasteiger charge is 2.37. The summed E-state index contributed by atoms with van der Waals surface area (Å²) in [5.74, 6) is 0. The van der Waals surface area contributed by atoms with Gasteiger partial charge in [-0.2, -0.15) is 0 Å². The standard InChI is InChI=1S/C19H29Cl/c1-6-7-8-17(20)14-9-10-15-16(13-14)19(4,5)12-11-18(15,2)3/h9-10,13,17H,6-8,11-12H2,1-5H3. The minimum absolute atomic E-state index is 0.168. The van der Waals surface area contributed by atoms with Crippen molar-refractivity contribution in [3.05, 3.63) is 34.9 Å². The summed E-state index contributed by atoms with van der Waals surface area (Å²) in [7, 11) is 0. The average molecular weight is 293 g/mol. The summed E-state index contributed by atoms with van der Waals surface area (Å²) >= 11 is 6.59. The number of hydrogen-bond donors (Lipinski definition) is 0. The summed E-state index contributed by atoms with van der Waals surface area (Å²) in [5.41, 5.74) is 4.94. The van der Waals surface area contributed by atoms with Crippen LogP contribution in [0.2, 0.25) is 0 Å². The number of alkyl halides is 1. The monoisotopic (exact) mass is 292 g/mol. The van der Waals surface area contributed by atoms with Crippen molar-refractivity contribution in [3.63, 3.8) is 0 Å². The summed E-state index contributed by atoms with van der Waals surface area (Å²) in [6, 6.07) is 6.99. The van der Waals surface area contributed by atoms with E-state index in [0.29, 0.717) is 5.41 Å². The van der Waals surface area contributed by atoms with Crippen molar-refractivity contribution < 1.29 is 0 Å². The maximum absolute atomic E-state index is 6.59. The van der Waals surface area contributed by atoms with Gasteiger partial charge in [0.1, 0.15) is 0 Å². The molecule has 0 aliphatic heterocycles. The van der Waals surface area contributed by atoms with Crippen LogP contribution in [0.1, 0.15) is 88.8 Å². The van der Waals surface area contributed by atoms with Gasteiger partial charge in [0.15, 0.2) is 0 Å². The van der Waals surface area contributed by atoms with Crippen LogP contribution in [0.15, 0.2) is 18.2 Å². The molecule has 0 heterocycles. The van der Waals surface area contributed by atoms with Crippen molar-refractivity contribution in [2.75, 3.05) is 0 Å². The van der Waals surface area contributed by atoms with Crippen molar-refractivity contribution in [1.82, 2.24) is 0 Å². The van der Waals surface area contributed by atoms with Gasteiger partial charge in [-0.05, 0) is 46.8 Å². The molecular formula is C19H29Cl. The second kappa shape index (κ2) is 5.72. The van der Waals surface area contributed by atoms with Crippen molar-refractivity contribution in [2.24, 2.45) is 0 Å². The molecule has 0 N–H and O–H groups in total.